The Morgan fingerprint density at radius 3 is 1.39 bits per heavy atom. The van der Waals surface area contributed by atoms with E-state index < -0.39 is 86.7 Å². The molecule has 0 spiro atoms. The number of carbonyl (C=O) groups is 1. The minimum absolute atomic E-state index is 0.0467. The van der Waals surface area contributed by atoms with Gasteiger partial charge in [0.25, 0.3) is 0 Å². The number of carbonyl (C=O) groups excluding carboxylic acids is 1. The second-order valence-corrected chi connectivity index (χ2v) is 19.7. The highest BCUT2D eigenvalue weighted by molar-refractivity contribution is 5.69. The fourth-order valence-corrected chi connectivity index (χ4v) is 8.52. The third-order valence-corrected chi connectivity index (χ3v) is 13.1. The summed E-state index contributed by atoms with van der Waals surface area (Å²) in [5.41, 5.74) is 0. The lowest BCUT2D eigenvalue weighted by Crippen LogP contribution is -2.61. The number of hydrogen-bond donors (Lipinski definition) is 7. The van der Waals surface area contributed by atoms with Gasteiger partial charge in [-0.05, 0) is 89.9 Å². The minimum Gasteiger partial charge on any atom is -0.457 e. The number of rotatable bonds is 45. The first kappa shape index (κ1) is 67.3. The van der Waals surface area contributed by atoms with E-state index in [0.29, 0.717) is 13.0 Å². The summed E-state index contributed by atoms with van der Waals surface area (Å²) in [5.74, 6) is -0.395. The van der Waals surface area contributed by atoms with E-state index in [9.17, 15) is 40.5 Å². The Hall–Kier alpha value is -2.83. The van der Waals surface area contributed by atoms with E-state index >= 15 is 0 Å². The van der Waals surface area contributed by atoms with E-state index in [-0.39, 0.29) is 19.6 Å². The second-order valence-electron chi connectivity index (χ2n) is 19.7. The summed E-state index contributed by atoms with van der Waals surface area (Å²) >= 11 is 0. The van der Waals surface area contributed by atoms with Crippen molar-refractivity contribution in [2.45, 2.75) is 255 Å². The molecule has 0 saturated carbocycles. The topological polar surface area (TPSA) is 214 Å². The summed E-state index contributed by atoms with van der Waals surface area (Å²) in [6.45, 7) is 3.52. The summed E-state index contributed by atoms with van der Waals surface area (Å²) in [5, 5.41) is 72.3. The molecule has 0 aliphatic carbocycles. The highest BCUT2D eigenvalue weighted by atomic mass is 16.7. The Morgan fingerprint density at radius 1 is 0.459 bits per heavy atom. The van der Waals surface area contributed by atoms with E-state index in [1.165, 1.54) is 57.8 Å². The van der Waals surface area contributed by atoms with Crippen LogP contribution in [-0.4, -0.2) is 142 Å². The number of unbranched alkanes of at least 4 members (excludes halogenated alkanes) is 17. The smallest absolute Gasteiger partial charge is 0.306 e. The van der Waals surface area contributed by atoms with E-state index in [1.54, 1.807) is 0 Å². The van der Waals surface area contributed by atoms with Crippen molar-refractivity contribution >= 4 is 5.97 Å². The Bertz CT molecular complexity index is 1540. The summed E-state index contributed by atoms with van der Waals surface area (Å²) in [4.78, 5) is 13.1. The van der Waals surface area contributed by atoms with Gasteiger partial charge < -0.3 is 64.2 Å². The Balaban J connectivity index is 1.73. The Kier molecular flexibility index (Phi) is 42.1. The van der Waals surface area contributed by atoms with Crippen molar-refractivity contribution in [3.8, 4) is 0 Å². The van der Waals surface area contributed by atoms with Gasteiger partial charge in [0, 0.05) is 13.0 Å². The van der Waals surface area contributed by atoms with E-state index in [4.69, 9.17) is 28.4 Å². The lowest BCUT2D eigenvalue weighted by Gasteiger charge is -2.42. The number of ether oxygens (including phenoxy) is 6. The Morgan fingerprint density at radius 2 is 0.878 bits per heavy atom. The Labute approximate surface area is 446 Å². The van der Waals surface area contributed by atoms with Crippen LogP contribution in [0.1, 0.15) is 187 Å². The van der Waals surface area contributed by atoms with Gasteiger partial charge in [0.05, 0.1) is 26.4 Å². The molecule has 0 radical (unpaired) electrons. The number of allylic oxidation sites excluding steroid dienone is 14. The molecule has 2 aliphatic rings. The van der Waals surface area contributed by atoms with Crippen LogP contribution in [0.15, 0.2) is 85.1 Å². The number of aliphatic hydroxyl groups excluding tert-OH is 7. The molecule has 2 aliphatic heterocycles. The minimum atomic E-state index is -1.72. The normalized spacial score (nSPS) is 25.4. The molecule has 11 atom stereocenters. The van der Waals surface area contributed by atoms with Crippen LogP contribution < -0.4 is 0 Å². The fourth-order valence-electron chi connectivity index (χ4n) is 8.52. The molecular weight excluding hydrogens is 945 g/mol. The molecule has 426 valence electrons. The van der Waals surface area contributed by atoms with E-state index in [1.807, 2.05) is 0 Å². The molecule has 2 heterocycles. The van der Waals surface area contributed by atoms with Gasteiger partial charge in [-0.1, -0.05) is 176 Å². The van der Waals surface area contributed by atoms with Gasteiger partial charge in [-0.3, -0.25) is 4.79 Å². The lowest BCUT2D eigenvalue weighted by atomic mass is 9.98. The number of hydrogen-bond acceptors (Lipinski definition) is 14. The van der Waals surface area contributed by atoms with Crippen LogP contribution in [0.3, 0.4) is 0 Å². The van der Waals surface area contributed by atoms with Crippen LogP contribution in [0.25, 0.3) is 0 Å². The number of aliphatic hydroxyl groups is 7. The fraction of sp³-hybridized carbons (Fsp3) is 0.750. The molecule has 0 aromatic rings. The molecule has 14 heteroatoms. The van der Waals surface area contributed by atoms with Crippen molar-refractivity contribution < 1.29 is 69.0 Å². The maximum Gasteiger partial charge on any atom is 0.306 e. The van der Waals surface area contributed by atoms with Crippen molar-refractivity contribution in [3.63, 3.8) is 0 Å². The molecule has 7 N–H and O–H groups in total. The van der Waals surface area contributed by atoms with Crippen molar-refractivity contribution in [2.24, 2.45) is 0 Å². The maximum absolute atomic E-state index is 13.1. The molecule has 0 amide bonds. The van der Waals surface area contributed by atoms with Gasteiger partial charge in [-0.2, -0.15) is 0 Å². The van der Waals surface area contributed by atoms with E-state index in [0.717, 1.165) is 103 Å². The monoisotopic (exact) mass is 1050 g/mol. The van der Waals surface area contributed by atoms with Crippen LogP contribution in [0.4, 0.5) is 0 Å². The highest BCUT2D eigenvalue weighted by Gasteiger charge is 2.47. The molecule has 0 aromatic heterocycles. The van der Waals surface area contributed by atoms with Gasteiger partial charge in [-0.15, -0.1) is 0 Å². The van der Waals surface area contributed by atoms with Crippen LogP contribution in [-0.2, 0) is 33.2 Å². The highest BCUT2D eigenvalue weighted by Crippen LogP contribution is 2.26. The van der Waals surface area contributed by atoms with E-state index in [2.05, 4.69) is 98.9 Å². The van der Waals surface area contributed by atoms with Crippen molar-refractivity contribution in [2.75, 3.05) is 33.0 Å². The van der Waals surface area contributed by atoms with Gasteiger partial charge in [0.15, 0.2) is 12.6 Å². The molecule has 2 fully saturated rings. The zero-order valence-corrected chi connectivity index (χ0v) is 45.5. The first-order valence-electron chi connectivity index (χ1n) is 28.7. The van der Waals surface area contributed by atoms with Crippen LogP contribution in [0.2, 0.25) is 0 Å². The van der Waals surface area contributed by atoms with Gasteiger partial charge in [0.1, 0.15) is 54.9 Å². The summed E-state index contributed by atoms with van der Waals surface area (Å²) in [7, 11) is 0. The average Bonchev–Trinajstić information content (AvgIpc) is 3.40. The predicted octanol–water partition coefficient (Wildman–Crippen LogP) is 10.0. The first-order chi connectivity index (χ1) is 36.1. The van der Waals surface area contributed by atoms with Crippen molar-refractivity contribution in [1.29, 1.82) is 0 Å². The van der Waals surface area contributed by atoms with Crippen LogP contribution in [0, 0.1) is 0 Å². The second kappa shape index (κ2) is 46.3. The van der Waals surface area contributed by atoms with Crippen LogP contribution >= 0.6 is 0 Å². The lowest BCUT2D eigenvalue weighted by molar-refractivity contribution is -0.332. The SMILES string of the molecule is CC/C=C\C/C=C\C/C=C\C/C=C\C/C=C\C/C=C\CCCCCCCCC(=O)OC(COCCCCCCCC/C=C\CCCCCCC)COC1OC(COC2OC(CO)C(O)C(O)C2O)C(O)C(O)C1O. The maximum atomic E-state index is 13.1. The molecule has 14 nitrogen and oxygen atoms in total. The molecule has 74 heavy (non-hydrogen) atoms. The quantitative estimate of drug-likeness (QED) is 0.0172. The standard InChI is InChI=1S/C60H102O14/c1-3-5-7-9-11-13-15-17-19-20-21-22-23-24-25-26-27-28-29-31-33-35-37-39-41-43-52(62)72-49(46-69-44-42-40-38-36-34-32-30-18-16-14-12-10-8-6-4-2)47-70-59-58(68)56(66)54(64)51(74-59)48-71-60-57(67)55(65)53(63)50(45-61)73-60/h5,7,11,13,16-19,21-22,24-25,27-28,49-51,53-61,63-68H,3-4,6,8-10,12,14-15,20,23,26,29-48H2,1-2H3/b7-5-,13-11-,18-16-,19-17-,22-21-,25-24-,28-27-. The molecule has 0 aromatic carbocycles. The molecule has 2 saturated heterocycles. The number of esters is 1. The summed E-state index contributed by atoms with van der Waals surface area (Å²) in [6, 6.07) is 0. The molecule has 2 rings (SSSR count). The molecule has 0 bridgehead atoms. The predicted molar refractivity (Wildman–Crippen MR) is 293 cm³/mol. The summed E-state index contributed by atoms with van der Waals surface area (Å²) in [6.07, 6.45) is 43.5. The largest absolute Gasteiger partial charge is 0.457 e. The van der Waals surface area contributed by atoms with Gasteiger partial charge >= 0.3 is 5.97 Å². The van der Waals surface area contributed by atoms with Gasteiger partial charge in [-0.25, -0.2) is 0 Å². The zero-order chi connectivity index (χ0) is 53.7. The third-order valence-electron chi connectivity index (χ3n) is 13.1. The average molecular weight is 1050 g/mol. The van der Waals surface area contributed by atoms with Crippen LogP contribution in [0.5, 0.6) is 0 Å². The zero-order valence-electron chi connectivity index (χ0n) is 45.5. The molecule has 11 unspecified atom stereocenters. The first-order valence-corrected chi connectivity index (χ1v) is 28.7. The van der Waals surface area contributed by atoms with Gasteiger partial charge in [0.2, 0.25) is 0 Å². The van der Waals surface area contributed by atoms with Crippen molar-refractivity contribution in [1.82, 2.24) is 0 Å². The van der Waals surface area contributed by atoms with Crippen molar-refractivity contribution in [3.05, 3.63) is 85.1 Å². The molecular formula is C60H102O14. The third kappa shape index (κ3) is 32.7. The summed E-state index contributed by atoms with van der Waals surface area (Å²) < 4.78 is 34.3.